The highest BCUT2D eigenvalue weighted by molar-refractivity contribution is 4.82. The van der Waals surface area contributed by atoms with Crippen LogP contribution in [0.3, 0.4) is 0 Å². The van der Waals surface area contributed by atoms with E-state index in [2.05, 4.69) is 41.2 Å². The van der Waals surface area contributed by atoms with E-state index < -0.39 is 0 Å². The van der Waals surface area contributed by atoms with Gasteiger partial charge in [0, 0.05) is 0 Å². The highest BCUT2D eigenvalue weighted by atomic mass is 14.3. The molecule has 0 aliphatic rings. The van der Waals surface area contributed by atoms with E-state index in [0.29, 0.717) is 5.41 Å². The van der Waals surface area contributed by atoms with Crippen LogP contribution in [-0.4, -0.2) is 0 Å². The van der Waals surface area contributed by atoms with Crippen molar-refractivity contribution in [2.45, 2.75) is 41.0 Å². The molecule has 0 fully saturated rings. The molecule has 0 aliphatic heterocycles. The van der Waals surface area contributed by atoms with Gasteiger partial charge < -0.3 is 0 Å². The van der Waals surface area contributed by atoms with Crippen molar-refractivity contribution in [1.29, 1.82) is 0 Å². The molecule has 0 aliphatic carbocycles. The smallest absolute Gasteiger partial charge is 0.0308 e. The Kier molecular flexibility index (Phi) is 3.85. The minimum Gasteiger partial charge on any atom is -0.103 e. The van der Waals surface area contributed by atoms with Gasteiger partial charge in [-0.25, -0.2) is 0 Å². The van der Waals surface area contributed by atoms with Crippen molar-refractivity contribution >= 4 is 0 Å². The predicted octanol–water partition coefficient (Wildman–Crippen LogP) is 3.88. The molecule has 0 aromatic rings. The Bertz CT molecular complexity index is 114. The number of hydrogen-bond donors (Lipinski definition) is 0. The second kappa shape index (κ2) is 3.94. The molecule has 11 heavy (non-hydrogen) atoms. The molecule has 0 rings (SSSR count). The van der Waals surface area contributed by atoms with E-state index >= 15 is 0 Å². The van der Waals surface area contributed by atoms with Gasteiger partial charge in [0.05, 0.1) is 0 Å². The van der Waals surface area contributed by atoms with Gasteiger partial charge in [-0.05, 0) is 23.7 Å². The van der Waals surface area contributed by atoms with Gasteiger partial charge >= 0.3 is 0 Å². The summed E-state index contributed by atoms with van der Waals surface area (Å²) in [5.41, 5.74) is 0.419. The van der Waals surface area contributed by atoms with Gasteiger partial charge in [0.15, 0.2) is 0 Å². The van der Waals surface area contributed by atoms with Gasteiger partial charge in [-0.2, -0.15) is 0 Å². The van der Waals surface area contributed by atoms with E-state index in [9.17, 15) is 0 Å². The lowest BCUT2D eigenvalue weighted by atomic mass is 9.73. The summed E-state index contributed by atoms with van der Waals surface area (Å²) in [4.78, 5) is 0. The molecule has 0 amide bonds. The second-order valence-electron chi connectivity index (χ2n) is 4.74. The Labute approximate surface area is 71.7 Å². The summed E-state index contributed by atoms with van der Waals surface area (Å²) in [5, 5.41) is 0. The highest BCUT2D eigenvalue weighted by Crippen LogP contribution is 2.34. The van der Waals surface area contributed by atoms with Gasteiger partial charge in [0.2, 0.25) is 0 Å². The zero-order chi connectivity index (χ0) is 9.07. The largest absolute Gasteiger partial charge is 0.103 e. The van der Waals surface area contributed by atoms with Crippen LogP contribution in [-0.2, 0) is 0 Å². The normalized spacial score (nSPS) is 15.1. The molecular formula is C11H22. The summed E-state index contributed by atoms with van der Waals surface area (Å²) < 4.78 is 0. The third kappa shape index (κ3) is 3.60. The summed E-state index contributed by atoms with van der Waals surface area (Å²) in [6.45, 7) is 15.3. The number of rotatable bonds is 3. The Morgan fingerprint density at radius 3 is 1.82 bits per heavy atom. The molecule has 1 atom stereocenters. The standard InChI is InChI=1S/C11H22/c1-7-8-10(9(2)3)11(4,5)6/h7,9-10H,1,8H2,2-6H3/t10-/m0/s1. The molecule has 0 heteroatoms. The summed E-state index contributed by atoms with van der Waals surface area (Å²) in [5.74, 6) is 1.52. The molecule has 0 unspecified atom stereocenters. The lowest BCUT2D eigenvalue weighted by Gasteiger charge is -2.33. The SMILES string of the molecule is C=CC[C@@H](C(C)C)C(C)(C)C. The third-order valence-electron chi connectivity index (χ3n) is 2.34. The Balaban J connectivity index is 4.21. The molecule has 0 nitrogen and oxygen atoms in total. The van der Waals surface area contributed by atoms with Crippen LogP contribution in [0.1, 0.15) is 41.0 Å². The van der Waals surface area contributed by atoms with Crippen molar-refractivity contribution < 1.29 is 0 Å². The second-order valence-corrected chi connectivity index (χ2v) is 4.74. The van der Waals surface area contributed by atoms with Gasteiger partial charge in [0.1, 0.15) is 0 Å². The monoisotopic (exact) mass is 154 g/mol. The molecule has 0 saturated carbocycles. The third-order valence-corrected chi connectivity index (χ3v) is 2.34. The van der Waals surface area contributed by atoms with Crippen molar-refractivity contribution in [2.75, 3.05) is 0 Å². The van der Waals surface area contributed by atoms with Crippen molar-refractivity contribution in [3.8, 4) is 0 Å². The molecule has 0 bridgehead atoms. The van der Waals surface area contributed by atoms with E-state index in [0.717, 1.165) is 18.3 Å². The molecular weight excluding hydrogens is 132 g/mol. The van der Waals surface area contributed by atoms with Gasteiger partial charge in [-0.15, -0.1) is 6.58 Å². The van der Waals surface area contributed by atoms with Crippen molar-refractivity contribution in [1.82, 2.24) is 0 Å². The lowest BCUT2D eigenvalue weighted by Crippen LogP contribution is -2.24. The highest BCUT2D eigenvalue weighted by Gasteiger charge is 2.25. The first-order valence-electron chi connectivity index (χ1n) is 4.50. The lowest BCUT2D eigenvalue weighted by molar-refractivity contribution is 0.181. The van der Waals surface area contributed by atoms with Crippen LogP contribution in [0.2, 0.25) is 0 Å². The van der Waals surface area contributed by atoms with Gasteiger partial charge in [0.25, 0.3) is 0 Å². The van der Waals surface area contributed by atoms with E-state index in [4.69, 9.17) is 0 Å². The van der Waals surface area contributed by atoms with E-state index in [1.165, 1.54) is 0 Å². The molecule has 66 valence electrons. The van der Waals surface area contributed by atoms with Gasteiger partial charge in [-0.3, -0.25) is 0 Å². The van der Waals surface area contributed by atoms with Crippen molar-refractivity contribution in [3.63, 3.8) is 0 Å². The quantitative estimate of drug-likeness (QED) is 0.541. The number of allylic oxidation sites excluding steroid dienone is 1. The molecule has 0 radical (unpaired) electrons. The summed E-state index contributed by atoms with van der Waals surface area (Å²) in [6, 6.07) is 0. The molecule has 0 aromatic heterocycles. The van der Waals surface area contributed by atoms with Crippen LogP contribution in [0.5, 0.6) is 0 Å². The Hall–Kier alpha value is -0.260. The summed E-state index contributed by atoms with van der Waals surface area (Å²) in [6.07, 6.45) is 3.18. The molecule has 0 N–H and O–H groups in total. The zero-order valence-corrected chi connectivity index (χ0v) is 8.65. The fourth-order valence-electron chi connectivity index (χ4n) is 1.81. The minimum absolute atomic E-state index is 0.419. The van der Waals surface area contributed by atoms with Crippen LogP contribution in [0.25, 0.3) is 0 Å². The Morgan fingerprint density at radius 1 is 1.27 bits per heavy atom. The maximum atomic E-state index is 3.80. The maximum absolute atomic E-state index is 3.80. The van der Waals surface area contributed by atoms with Crippen LogP contribution >= 0.6 is 0 Å². The molecule has 0 saturated heterocycles. The topological polar surface area (TPSA) is 0 Å². The average Bonchev–Trinajstić information content (AvgIpc) is 1.79. The first kappa shape index (κ1) is 10.7. The average molecular weight is 154 g/mol. The molecule has 0 heterocycles. The van der Waals surface area contributed by atoms with Crippen LogP contribution < -0.4 is 0 Å². The van der Waals surface area contributed by atoms with Gasteiger partial charge in [-0.1, -0.05) is 40.7 Å². The maximum Gasteiger partial charge on any atom is -0.0308 e. The number of hydrogen-bond acceptors (Lipinski definition) is 0. The first-order chi connectivity index (χ1) is 4.89. The van der Waals surface area contributed by atoms with Crippen molar-refractivity contribution in [3.05, 3.63) is 12.7 Å². The van der Waals surface area contributed by atoms with E-state index in [1.807, 2.05) is 6.08 Å². The fourth-order valence-corrected chi connectivity index (χ4v) is 1.81. The first-order valence-corrected chi connectivity index (χ1v) is 4.50. The molecule has 0 spiro atoms. The van der Waals surface area contributed by atoms with E-state index in [1.54, 1.807) is 0 Å². The summed E-state index contributed by atoms with van der Waals surface area (Å²) in [7, 11) is 0. The van der Waals surface area contributed by atoms with Crippen LogP contribution in [0, 0.1) is 17.3 Å². The zero-order valence-electron chi connectivity index (χ0n) is 8.65. The van der Waals surface area contributed by atoms with Crippen LogP contribution in [0.15, 0.2) is 12.7 Å². The van der Waals surface area contributed by atoms with E-state index in [-0.39, 0.29) is 0 Å². The predicted molar refractivity (Wildman–Crippen MR) is 52.6 cm³/mol. The molecule has 0 aromatic carbocycles. The van der Waals surface area contributed by atoms with Crippen LogP contribution in [0.4, 0.5) is 0 Å². The Morgan fingerprint density at radius 2 is 1.73 bits per heavy atom. The minimum atomic E-state index is 0.419. The summed E-state index contributed by atoms with van der Waals surface area (Å²) >= 11 is 0. The van der Waals surface area contributed by atoms with Crippen molar-refractivity contribution in [2.24, 2.45) is 17.3 Å². The fraction of sp³-hybridized carbons (Fsp3) is 0.818.